The Morgan fingerprint density at radius 3 is 2.19 bits per heavy atom. The standard InChI is InChI=1S/C9H10ClN5O.C5H4ClN5/c10-9-13-7-6(11-5-12-7)8(14-9)15-1-3-16-4-2-15;6-5-10-3(7)2-4(11-5)9-1-8-2/h5H,1-4H2,(H,11,12,13,14);1H,(H3,7,8,9,10,11). The van der Waals surface area contributed by atoms with Crippen molar-refractivity contribution in [1.29, 1.82) is 0 Å². The summed E-state index contributed by atoms with van der Waals surface area (Å²) in [6, 6.07) is 0. The van der Waals surface area contributed by atoms with Crippen LogP contribution in [0.2, 0.25) is 10.6 Å². The lowest BCUT2D eigenvalue weighted by Crippen LogP contribution is -2.37. The molecule has 13 heteroatoms. The van der Waals surface area contributed by atoms with E-state index in [9.17, 15) is 0 Å². The molecule has 1 aliphatic heterocycles. The van der Waals surface area contributed by atoms with E-state index in [2.05, 4.69) is 44.8 Å². The highest BCUT2D eigenvalue weighted by Gasteiger charge is 2.18. The molecule has 0 aliphatic carbocycles. The van der Waals surface area contributed by atoms with Gasteiger partial charge in [-0.1, -0.05) is 0 Å². The monoisotopic (exact) mass is 408 g/mol. The first-order valence-corrected chi connectivity index (χ1v) is 8.69. The van der Waals surface area contributed by atoms with Crippen molar-refractivity contribution in [3.05, 3.63) is 23.2 Å². The Labute approximate surface area is 162 Å². The molecule has 0 amide bonds. The number of nitrogens with two attached hydrogens (primary N) is 1. The number of fused-ring (bicyclic) bond motifs is 2. The molecule has 5 heterocycles. The summed E-state index contributed by atoms with van der Waals surface area (Å²) in [5, 5.41) is 0.336. The maximum Gasteiger partial charge on any atom is 0.226 e. The van der Waals surface area contributed by atoms with Crippen molar-refractivity contribution in [2.24, 2.45) is 0 Å². The molecule has 4 aromatic heterocycles. The third kappa shape index (κ3) is 3.70. The number of morpholine rings is 1. The number of H-pyrrole nitrogens is 2. The van der Waals surface area contributed by atoms with Crippen molar-refractivity contribution in [2.45, 2.75) is 0 Å². The lowest BCUT2D eigenvalue weighted by molar-refractivity contribution is 0.122. The van der Waals surface area contributed by atoms with Crippen molar-refractivity contribution in [1.82, 2.24) is 39.9 Å². The van der Waals surface area contributed by atoms with Gasteiger partial charge in [-0.15, -0.1) is 0 Å². The zero-order chi connectivity index (χ0) is 18.8. The Hall–Kier alpha value is -2.76. The number of ether oxygens (including phenoxy) is 1. The van der Waals surface area contributed by atoms with Crippen molar-refractivity contribution < 1.29 is 4.74 Å². The number of nitrogens with one attached hydrogen (secondary N) is 2. The zero-order valence-corrected chi connectivity index (χ0v) is 15.4. The number of anilines is 2. The molecule has 0 atom stereocenters. The van der Waals surface area contributed by atoms with Crippen LogP contribution in [0.4, 0.5) is 11.6 Å². The van der Waals surface area contributed by atoms with Gasteiger partial charge in [0.1, 0.15) is 11.0 Å². The highest BCUT2D eigenvalue weighted by atomic mass is 35.5. The Bertz CT molecular complexity index is 1070. The molecular formula is C14H14Cl2N10O. The number of nitrogens with zero attached hydrogens (tertiary/aromatic N) is 7. The fourth-order valence-corrected chi connectivity index (χ4v) is 2.96. The van der Waals surface area contributed by atoms with Gasteiger partial charge in [0.15, 0.2) is 22.9 Å². The van der Waals surface area contributed by atoms with Crippen molar-refractivity contribution in [3.63, 3.8) is 0 Å². The van der Waals surface area contributed by atoms with Gasteiger partial charge in [0.2, 0.25) is 10.6 Å². The summed E-state index contributed by atoms with van der Waals surface area (Å²) in [4.78, 5) is 31.8. The van der Waals surface area contributed by atoms with Gasteiger partial charge in [0, 0.05) is 13.1 Å². The first kappa shape index (κ1) is 17.6. The van der Waals surface area contributed by atoms with Crippen LogP contribution in [0.15, 0.2) is 12.7 Å². The van der Waals surface area contributed by atoms with Gasteiger partial charge in [-0.05, 0) is 23.2 Å². The molecule has 140 valence electrons. The quantitative estimate of drug-likeness (QED) is 0.397. The number of rotatable bonds is 1. The second-order valence-corrected chi connectivity index (χ2v) is 6.17. The number of aromatic nitrogens is 8. The minimum absolute atomic E-state index is 0.113. The van der Waals surface area contributed by atoms with Gasteiger partial charge in [-0.2, -0.15) is 19.9 Å². The molecule has 1 fully saturated rings. The smallest absolute Gasteiger partial charge is 0.226 e. The lowest BCUT2D eigenvalue weighted by atomic mass is 10.4. The molecule has 0 spiro atoms. The average Bonchev–Trinajstić information content (AvgIpc) is 3.31. The molecule has 0 bridgehead atoms. The molecule has 1 aliphatic rings. The average molecular weight is 409 g/mol. The summed E-state index contributed by atoms with van der Waals surface area (Å²) in [7, 11) is 0. The maximum absolute atomic E-state index is 5.87. The normalized spacial score (nSPS) is 14.4. The van der Waals surface area contributed by atoms with Gasteiger partial charge >= 0.3 is 0 Å². The van der Waals surface area contributed by atoms with E-state index in [1.165, 1.54) is 6.33 Å². The number of aromatic amines is 2. The minimum Gasteiger partial charge on any atom is -0.382 e. The second-order valence-electron chi connectivity index (χ2n) is 5.50. The van der Waals surface area contributed by atoms with E-state index in [-0.39, 0.29) is 10.6 Å². The van der Waals surface area contributed by atoms with E-state index in [0.29, 0.717) is 35.8 Å². The molecule has 4 aromatic rings. The Kier molecular flexibility index (Phi) is 4.88. The predicted molar refractivity (Wildman–Crippen MR) is 101 cm³/mol. The van der Waals surface area contributed by atoms with Crippen LogP contribution >= 0.6 is 23.2 Å². The van der Waals surface area contributed by atoms with E-state index >= 15 is 0 Å². The van der Waals surface area contributed by atoms with Gasteiger partial charge in [-0.25, -0.2) is 9.97 Å². The molecule has 4 N–H and O–H groups in total. The number of imidazole rings is 2. The maximum atomic E-state index is 5.87. The number of halogens is 2. The van der Waals surface area contributed by atoms with Crippen LogP contribution in [0, 0.1) is 0 Å². The van der Waals surface area contributed by atoms with Crippen LogP contribution < -0.4 is 10.6 Å². The topological polar surface area (TPSA) is 147 Å². The molecular weight excluding hydrogens is 395 g/mol. The van der Waals surface area contributed by atoms with Crippen LogP contribution in [-0.4, -0.2) is 66.2 Å². The highest BCUT2D eigenvalue weighted by molar-refractivity contribution is 6.29. The molecule has 0 aromatic carbocycles. The van der Waals surface area contributed by atoms with Crippen LogP contribution in [0.1, 0.15) is 0 Å². The zero-order valence-electron chi connectivity index (χ0n) is 13.9. The fourth-order valence-electron chi connectivity index (χ4n) is 2.62. The van der Waals surface area contributed by atoms with Gasteiger partial charge in [0.05, 0.1) is 25.9 Å². The SMILES string of the molecule is Clc1nc(N2CCOCC2)c2[nH]cnc2n1.Nc1nc(Cl)nc2nc[nH]c12. The van der Waals surface area contributed by atoms with Crippen LogP contribution in [0.25, 0.3) is 22.3 Å². The van der Waals surface area contributed by atoms with Crippen LogP contribution in [0.3, 0.4) is 0 Å². The van der Waals surface area contributed by atoms with Crippen molar-refractivity contribution in [2.75, 3.05) is 36.9 Å². The van der Waals surface area contributed by atoms with Crippen molar-refractivity contribution in [3.8, 4) is 0 Å². The van der Waals surface area contributed by atoms with Gasteiger partial charge < -0.3 is 25.3 Å². The largest absolute Gasteiger partial charge is 0.382 e. The molecule has 1 saturated heterocycles. The Morgan fingerprint density at radius 2 is 1.48 bits per heavy atom. The second kappa shape index (κ2) is 7.47. The molecule has 0 saturated carbocycles. The summed E-state index contributed by atoms with van der Waals surface area (Å²) in [5.41, 5.74) is 8.03. The molecule has 0 radical (unpaired) electrons. The van der Waals surface area contributed by atoms with E-state index in [4.69, 9.17) is 33.7 Å². The number of hydrogen-bond acceptors (Lipinski definition) is 9. The first-order chi connectivity index (χ1) is 13.1. The summed E-state index contributed by atoms with van der Waals surface area (Å²) < 4.78 is 5.30. The molecule has 27 heavy (non-hydrogen) atoms. The highest BCUT2D eigenvalue weighted by Crippen LogP contribution is 2.23. The van der Waals surface area contributed by atoms with Gasteiger partial charge in [0.25, 0.3) is 0 Å². The first-order valence-electron chi connectivity index (χ1n) is 7.93. The van der Waals surface area contributed by atoms with Crippen LogP contribution in [0.5, 0.6) is 0 Å². The van der Waals surface area contributed by atoms with Crippen LogP contribution in [-0.2, 0) is 4.74 Å². The summed E-state index contributed by atoms with van der Waals surface area (Å²) in [6.07, 6.45) is 3.09. The Morgan fingerprint density at radius 1 is 0.889 bits per heavy atom. The predicted octanol–water partition coefficient (Wildman–Crippen LogP) is 1.43. The summed E-state index contributed by atoms with van der Waals surface area (Å²) >= 11 is 11.4. The van der Waals surface area contributed by atoms with E-state index < -0.39 is 0 Å². The van der Waals surface area contributed by atoms with Gasteiger partial charge in [-0.3, -0.25) is 0 Å². The third-order valence-electron chi connectivity index (χ3n) is 3.84. The fraction of sp³-hybridized carbons (Fsp3) is 0.286. The van der Waals surface area contributed by atoms with E-state index in [0.717, 1.165) is 24.4 Å². The third-order valence-corrected chi connectivity index (χ3v) is 4.17. The Balaban J connectivity index is 0.000000143. The minimum atomic E-state index is 0.113. The molecule has 5 rings (SSSR count). The number of nitrogen functional groups attached to an aromatic ring is 1. The number of hydrogen-bond donors (Lipinski definition) is 3. The molecule has 0 unspecified atom stereocenters. The van der Waals surface area contributed by atoms with E-state index in [1.54, 1.807) is 6.33 Å². The molecule has 11 nitrogen and oxygen atoms in total. The lowest BCUT2D eigenvalue weighted by Gasteiger charge is -2.27. The van der Waals surface area contributed by atoms with E-state index in [1.807, 2.05) is 0 Å². The van der Waals surface area contributed by atoms with Crippen molar-refractivity contribution >= 4 is 57.2 Å². The summed E-state index contributed by atoms with van der Waals surface area (Å²) in [5.74, 6) is 1.12. The summed E-state index contributed by atoms with van der Waals surface area (Å²) in [6.45, 7) is 3.03.